The van der Waals surface area contributed by atoms with E-state index in [9.17, 15) is 0 Å². The van der Waals surface area contributed by atoms with E-state index in [1.165, 1.54) is 31.2 Å². The molecule has 1 aliphatic carbocycles. The highest BCUT2D eigenvalue weighted by atomic mass is 127. The molecule has 0 aromatic heterocycles. The van der Waals surface area contributed by atoms with Gasteiger partial charge in [0, 0.05) is 52.0 Å². The maximum Gasteiger partial charge on any atom is 0.191 e. The highest BCUT2D eigenvalue weighted by molar-refractivity contribution is 14.0. The van der Waals surface area contributed by atoms with Crippen LogP contribution < -0.4 is 15.4 Å². The number of nitrogens with one attached hydrogen (secondary N) is 2. The second kappa shape index (κ2) is 14.2. The van der Waals surface area contributed by atoms with Gasteiger partial charge in [-0.25, -0.2) is 0 Å². The third kappa shape index (κ3) is 8.09. The van der Waals surface area contributed by atoms with Crippen LogP contribution in [0.3, 0.4) is 0 Å². The number of rotatable bonds is 10. The summed E-state index contributed by atoms with van der Waals surface area (Å²) in [6.07, 6.45) is 8.18. The van der Waals surface area contributed by atoms with Crippen molar-refractivity contribution in [2.24, 2.45) is 10.9 Å². The second-order valence-electron chi connectivity index (χ2n) is 8.56. The number of benzene rings is 1. The molecule has 2 fully saturated rings. The van der Waals surface area contributed by atoms with Gasteiger partial charge in [0.1, 0.15) is 5.75 Å². The van der Waals surface area contributed by atoms with Crippen LogP contribution in [0.2, 0.25) is 0 Å². The predicted octanol–water partition coefficient (Wildman–Crippen LogP) is 4.12. The summed E-state index contributed by atoms with van der Waals surface area (Å²) in [4.78, 5) is 4.41. The summed E-state index contributed by atoms with van der Waals surface area (Å²) in [6.45, 7) is 5.16. The van der Waals surface area contributed by atoms with Gasteiger partial charge >= 0.3 is 0 Å². The molecule has 3 rings (SSSR count). The Balaban J connectivity index is 0.00000341. The summed E-state index contributed by atoms with van der Waals surface area (Å²) in [5.74, 6) is 2.47. The van der Waals surface area contributed by atoms with Gasteiger partial charge in [-0.2, -0.15) is 0 Å². The van der Waals surface area contributed by atoms with E-state index in [0.29, 0.717) is 5.92 Å². The molecule has 1 heterocycles. The van der Waals surface area contributed by atoms with Gasteiger partial charge in [-0.15, -0.1) is 24.0 Å². The molecule has 31 heavy (non-hydrogen) atoms. The minimum Gasteiger partial charge on any atom is -0.497 e. The van der Waals surface area contributed by atoms with E-state index in [-0.39, 0.29) is 29.4 Å². The minimum atomic E-state index is 0. The number of nitrogens with zero attached hydrogens (tertiary/aromatic N) is 1. The Bertz CT molecular complexity index is 659. The van der Waals surface area contributed by atoms with Crippen LogP contribution in [-0.4, -0.2) is 59.6 Å². The standard InChI is InChI=1S/C24H39N3O3.HI/c1-25-23(26-13-6-14-30-18-20-9-15-29-16-10-20)27-19-24(11-3-4-12-24)21-7-5-8-22(17-21)28-2;/h5,7-8,17,20H,3-4,6,9-16,18-19H2,1-2H3,(H2,25,26,27);1H. The van der Waals surface area contributed by atoms with Gasteiger partial charge in [0.2, 0.25) is 0 Å². The monoisotopic (exact) mass is 545 g/mol. The largest absolute Gasteiger partial charge is 0.497 e. The van der Waals surface area contributed by atoms with Crippen LogP contribution >= 0.6 is 24.0 Å². The summed E-state index contributed by atoms with van der Waals surface area (Å²) in [5.41, 5.74) is 1.52. The number of guanidine groups is 1. The average Bonchev–Trinajstić information content (AvgIpc) is 3.29. The number of aliphatic imine (C=N–C) groups is 1. The zero-order chi connectivity index (χ0) is 21.1. The minimum absolute atomic E-state index is 0. The average molecular weight is 546 g/mol. The number of hydrogen-bond donors (Lipinski definition) is 2. The molecule has 0 amide bonds. The van der Waals surface area contributed by atoms with Crippen molar-refractivity contribution in [3.8, 4) is 5.75 Å². The Labute approximate surface area is 204 Å². The van der Waals surface area contributed by atoms with Crippen LogP contribution in [0.5, 0.6) is 5.75 Å². The predicted molar refractivity (Wildman–Crippen MR) is 137 cm³/mol. The van der Waals surface area contributed by atoms with Crippen LogP contribution in [0.4, 0.5) is 0 Å². The molecule has 1 saturated carbocycles. The molecular formula is C24H40IN3O3. The fourth-order valence-electron chi connectivity index (χ4n) is 4.59. The summed E-state index contributed by atoms with van der Waals surface area (Å²) in [6, 6.07) is 8.55. The lowest BCUT2D eigenvalue weighted by atomic mass is 9.78. The molecule has 7 heteroatoms. The normalized spacial score (nSPS) is 19.0. The summed E-state index contributed by atoms with van der Waals surface area (Å²) in [7, 11) is 3.57. The first-order chi connectivity index (χ1) is 14.8. The Kier molecular flexibility index (Phi) is 12.0. The quantitative estimate of drug-likeness (QED) is 0.201. The smallest absolute Gasteiger partial charge is 0.191 e. The SMILES string of the molecule is CN=C(NCCCOCC1CCOCC1)NCC1(c2cccc(OC)c2)CCCC1.I. The van der Waals surface area contributed by atoms with E-state index in [1.54, 1.807) is 7.11 Å². The molecule has 1 saturated heterocycles. The first kappa shape index (κ1) is 26.2. The molecule has 6 nitrogen and oxygen atoms in total. The van der Waals surface area contributed by atoms with Crippen LogP contribution in [0.25, 0.3) is 0 Å². The highest BCUT2D eigenvalue weighted by Crippen LogP contribution is 2.41. The topological polar surface area (TPSA) is 64.1 Å². The summed E-state index contributed by atoms with van der Waals surface area (Å²) in [5, 5.41) is 7.01. The molecule has 0 radical (unpaired) electrons. The van der Waals surface area contributed by atoms with Crippen molar-refractivity contribution < 1.29 is 14.2 Å². The van der Waals surface area contributed by atoms with Crippen molar-refractivity contribution in [2.75, 3.05) is 53.7 Å². The summed E-state index contributed by atoms with van der Waals surface area (Å²) < 4.78 is 16.7. The molecular weight excluding hydrogens is 505 g/mol. The molecule has 0 unspecified atom stereocenters. The molecule has 0 spiro atoms. The van der Waals surface area contributed by atoms with E-state index in [1.807, 2.05) is 13.1 Å². The van der Waals surface area contributed by atoms with E-state index in [4.69, 9.17) is 14.2 Å². The van der Waals surface area contributed by atoms with Crippen molar-refractivity contribution >= 4 is 29.9 Å². The van der Waals surface area contributed by atoms with Crippen LogP contribution in [-0.2, 0) is 14.9 Å². The molecule has 176 valence electrons. The Morgan fingerprint density at radius 2 is 1.97 bits per heavy atom. The van der Waals surface area contributed by atoms with Gasteiger partial charge in [-0.05, 0) is 55.7 Å². The molecule has 1 aromatic carbocycles. The molecule has 2 N–H and O–H groups in total. The van der Waals surface area contributed by atoms with E-state index >= 15 is 0 Å². The fourth-order valence-corrected chi connectivity index (χ4v) is 4.59. The van der Waals surface area contributed by atoms with Crippen molar-refractivity contribution in [1.82, 2.24) is 10.6 Å². The highest BCUT2D eigenvalue weighted by Gasteiger charge is 2.36. The van der Waals surface area contributed by atoms with Crippen LogP contribution in [0.15, 0.2) is 29.3 Å². The van der Waals surface area contributed by atoms with Crippen molar-refractivity contribution in [3.63, 3.8) is 0 Å². The van der Waals surface area contributed by atoms with E-state index < -0.39 is 0 Å². The Morgan fingerprint density at radius 1 is 1.19 bits per heavy atom. The maximum atomic E-state index is 5.86. The second-order valence-corrected chi connectivity index (χ2v) is 8.56. The molecule has 0 bridgehead atoms. The van der Waals surface area contributed by atoms with Crippen molar-refractivity contribution in [2.45, 2.75) is 50.4 Å². The van der Waals surface area contributed by atoms with Crippen molar-refractivity contribution in [3.05, 3.63) is 29.8 Å². The van der Waals surface area contributed by atoms with Crippen LogP contribution in [0, 0.1) is 5.92 Å². The number of hydrogen-bond acceptors (Lipinski definition) is 4. The Hall–Kier alpha value is -1.06. The molecule has 1 aliphatic heterocycles. The van der Waals surface area contributed by atoms with E-state index in [2.05, 4.69) is 33.8 Å². The molecule has 2 aliphatic rings. The third-order valence-electron chi connectivity index (χ3n) is 6.51. The number of methoxy groups -OCH3 is 1. The lowest BCUT2D eigenvalue weighted by Gasteiger charge is -2.31. The third-order valence-corrected chi connectivity index (χ3v) is 6.51. The van der Waals surface area contributed by atoms with Gasteiger partial charge in [0.15, 0.2) is 5.96 Å². The lowest BCUT2D eigenvalue weighted by Crippen LogP contribution is -2.45. The van der Waals surface area contributed by atoms with Gasteiger partial charge < -0.3 is 24.8 Å². The van der Waals surface area contributed by atoms with Gasteiger partial charge in [0.05, 0.1) is 7.11 Å². The first-order valence-corrected chi connectivity index (χ1v) is 11.5. The fraction of sp³-hybridized carbons (Fsp3) is 0.708. The number of halogens is 1. The maximum absolute atomic E-state index is 5.86. The number of ether oxygens (including phenoxy) is 3. The Morgan fingerprint density at radius 3 is 2.68 bits per heavy atom. The first-order valence-electron chi connectivity index (χ1n) is 11.5. The summed E-state index contributed by atoms with van der Waals surface area (Å²) >= 11 is 0. The van der Waals surface area contributed by atoms with Gasteiger partial charge in [0.25, 0.3) is 0 Å². The zero-order valence-electron chi connectivity index (χ0n) is 19.2. The molecule has 0 atom stereocenters. The van der Waals surface area contributed by atoms with Crippen molar-refractivity contribution in [1.29, 1.82) is 0 Å². The zero-order valence-corrected chi connectivity index (χ0v) is 21.5. The van der Waals surface area contributed by atoms with Gasteiger partial charge in [-0.1, -0.05) is 25.0 Å². The lowest BCUT2D eigenvalue weighted by molar-refractivity contribution is 0.0203. The van der Waals surface area contributed by atoms with E-state index in [0.717, 1.165) is 70.5 Å². The van der Waals surface area contributed by atoms with Gasteiger partial charge in [-0.3, -0.25) is 4.99 Å². The molecule has 1 aromatic rings. The van der Waals surface area contributed by atoms with Crippen LogP contribution in [0.1, 0.15) is 50.5 Å².